The topological polar surface area (TPSA) is 99.0 Å². The molecule has 0 bridgehead atoms. The molecule has 0 aliphatic rings. The van der Waals surface area contributed by atoms with Gasteiger partial charge in [0.1, 0.15) is 5.75 Å². The maximum atomic E-state index is 11.9. The molecule has 1 aromatic carbocycles. The number of methoxy groups -OCH3 is 1. The zero-order valence-electron chi connectivity index (χ0n) is 12.1. The average molecular weight is 311 g/mol. The third-order valence-electron chi connectivity index (χ3n) is 2.91. The van der Waals surface area contributed by atoms with Gasteiger partial charge in [0, 0.05) is 6.54 Å². The predicted octanol–water partition coefficient (Wildman–Crippen LogP) is 0.0481. The van der Waals surface area contributed by atoms with E-state index in [9.17, 15) is 8.42 Å². The van der Waals surface area contributed by atoms with Crippen LogP contribution in [-0.2, 0) is 23.5 Å². The minimum absolute atomic E-state index is 0.243. The van der Waals surface area contributed by atoms with Crippen LogP contribution in [0.4, 0.5) is 0 Å². The van der Waals surface area contributed by atoms with E-state index in [2.05, 4.69) is 20.1 Å². The molecule has 0 spiro atoms. The van der Waals surface area contributed by atoms with Crippen LogP contribution in [0.3, 0.4) is 0 Å². The van der Waals surface area contributed by atoms with Crippen molar-refractivity contribution in [3.63, 3.8) is 0 Å². The Labute approximate surface area is 123 Å². The van der Waals surface area contributed by atoms with Crippen LogP contribution in [0.5, 0.6) is 5.75 Å². The molecule has 0 saturated carbocycles. The normalized spacial score (nSPS) is 11.6. The number of aryl methyl sites for hydroxylation is 2. The Balaban J connectivity index is 1.98. The summed E-state index contributed by atoms with van der Waals surface area (Å²) in [6.07, 6.45) is 0.538. The number of aromatic nitrogens is 4. The van der Waals surface area contributed by atoms with Crippen molar-refractivity contribution >= 4 is 10.0 Å². The molecular formula is C12H17N5O3S. The van der Waals surface area contributed by atoms with Gasteiger partial charge in [0.25, 0.3) is 10.0 Å². The van der Waals surface area contributed by atoms with E-state index in [4.69, 9.17) is 4.74 Å². The molecule has 0 saturated heterocycles. The highest BCUT2D eigenvalue weighted by atomic mass is 32.2. The van der Waals surface area contributed by atoms with Crippen molar-refractivity contribution in [3.8, 4) is 5.75 Å². The SMILES string of the molecule is COc1cc(CCNS(=O)(=O)c2nnn(C)n2)ccc1C. The van der Waals surface area contributed by atoms with Gasteiger partial charge in [0.05, 0.1) is 14.2 Å². The highest BCUT2D eigenvalue weighted by Crippen LogP contribution is 2.19. The molecule has 2 aromatic rings. The van der Waals surface area contributed by atoms with E-state index in [1.54, 1.807) is 7.11 Å². The predicted molar refractivity (Wildman–Crippen MR) is 75.4 cm³/mol. The smallest absolute Gasteiger partial charge is 0.303 e. The quantitative estimate of drug-likeness (QED) is 0.809. The van der Waals surface area contributed by atoms with Crippen molar-refractivity contribution in [3.05, 3.63) is 29.3 Å². The first-order valence-corrected chi connectivity index (χ1v) is 7.78. The van der Waals surface area contributed by atoms with E-state index in [1.807, 2.05) is 25.1 Å². The molecule has 8 nitrogen and oxygen atoms in total. The molecule has 0 amide bonds. The molecule has 0 aliphatic heterocycles. The van der Waals surface area contributed by atoms with Crippen LogP contribution in [0, 0.1) is 6.92 Å². The van der Waals surface area contributed by atoms with Gasteiger partial charge < -0.3 is 4.74 Å². The van der Waals surface area contributed by atoms with Crippen molar-refractivity contribution in [2.45, 2.75) is 18.5 Å². The Kier molecular flexibility index (Phi) is 4.53. The summed E-state index contributed by atoms with van der Waals surface area (Å²) < 4.78 is 31.5. The van der Waals surface area contributed by atoms with Crippen LogP contribution in [0.1, 0.15) is 11.1 Å². The van der Waals surface area contributed by atoms with E-state index >= 15 is 0 Å². The molecule has 9 heteroatoms. The maximum Gasteiger partial charge on any atom is 0.303 e. The summed E-state index contributed by atoms with van der Waals surface area (Å²) in [5.41, 5.74) is 2.01. The molecule has 0 fully saturated rings. The van der Waals surface area contributed by atoms with Gasteiger partial charge in [-0.25, -0.2) is 13.1 Å². The van der Waals surface area contributed by atoms with Crippen molar-refractivity contribution in [1.82, 2.24) is 24.9 Å². The summed E-state index contributed by atoms with van der Waals surface area (Å²) in [5.74, 6) is 0.783. The summed E-state index contributed by atoms with van der Waals surface area (Å²) >= 11 is 0. The van der Waals surface area contributed by atoms with Crippen molar-refractivity contribution < 1.29 is 13.2 Å². The molecule has 114 valence electrons. The standard InChI is InChI=1S/C12H17N5O3S/c1-9-4-5-10(8-11(9)20-3)6-7-13-21(18,19)12-14-16-17(2)15-12/h4-5,8,13H,6-7H2,1-3H3. The van der Waals surface area contributed by atoms with E-state index < -0.39 is 10.0 Å². The third kappa shape index (κ3) is 3.76. The van der Waals surface area contributed by atoms with E-state index in [0.29, 0.717) is 6.42 Å². The van der Waals surface area contributed by atoms with Crippen LogP contribution in [0.25, 0.3) is 0 Å². The fraction of sp³-hybridized carbons (Fsp3) is 0.417. The fourth-order valence-electron chi connectivity index (χ4n) is 1.79. The second-order valence-corrected chi connectivity index (χ2v) is 6.17. The summed E-state index contributed by atoms with van der Waals surface area (Å²) in [7, 11) is -0.610. The Morgan fingerprint density at radius 1 is 1.38 bits per heavy atom. The molecular weight excluding hydrogens is 294 g/mol. The van der Waals surface area contributed by atoms with Crippen molar-refractivity contribution in [2.24, 2.45) is 7.05 Å². The Morgan fingerprint density at radius 3 is 2.76 bits per heavy atom. The number of nitrogens with zero attached hydrogens (tertiary/aromatic N) is 4. The van der Waals surface area contributed by atoms with Crippen molar-refractivity contribution in [2.75, 3.05) is 13.7 Å². The number of nitrogens with one attached hydrogen (secondary N) is 1. The number of rotatable bonds is 6. The van der Waals surface area contributed by atoms with Gasteiger partial charge in [-0.05, 0) is 35.8 Å². The minimum Gasteiger partial charge on any atom is -0.496 e. The molecule has 0 unspecified atom stereocenters. The lowest BCUT2D eigenvalue weighted by atomic mass is 10.1. The van der Waals surface area contributed by atoms with Gasteiger partial charge in [0.2, 0.25) is 0 Å². The Hall–Kier alpha value is -2.00. The van der Waals surface area contributed by atoms with Gasteiger partial charge in [-0.2, -0.15) is 4.80 Å². The van der Waals surface area contributed by atoms with Gasteiger partial charge in [-0.15, -0.1) is 5.10 Å². The second-order valence-electron chi connectivity index (χ2n) is 4.51. The minimum atomic E-state index is -3.72. The highest BCUT2D eigenvalue weighted by molar-refractivity contribution is 7.89. The monoisotopic (exact) mass is 311 g/mol. The zero-order chi connectivity index (χ0) is 15.5. The number of benzene rings is 1. The fourth-order valence-corrected chi connectivity index (χ4v) is 2.66. The largest absolute Gasteiger partial charge is 0.496 e. The van der Waals surface area contributed by atoms with Crippen LogP contribution in [0.2, 0.25) is 0 Å². The number of hydrogen-bond donors (Lipinski definition) is 1. The van der Waals surface area contributed by atoms with Crippen LogP contribution in [0.15, 0.2) is 23.4 Å². The van der Waals surface area contributed by atoms with E-state index in [-0.39, 0.29) is 11.7 Å². The van der Waals surface area contributed by atoms with Gasteiger partial charge in [0.15, 0.2) is 0 Å². The summed E-state index contributed by atoms with van der Waals surface area (Å²) in [5, 5.41) is 10.3. The van der Waals surface area contributed by atoms with Gasteiger partial charge in [-0.1, -0.05) is 17.2 Å². The Bertz CT molecular complexity index is 726. The number of tetrazole rings is 1. The molecule has 2 rings (SSSR count). The maximum absolute atomic E-state index is 11.9. The van der Waals surface area contributed by atoms with Crippen LogP contribution in [-0.4, -0.2) is 42.3 Å². The molecule has 1 heterocycles. The van der Waals surface area contributed by atoms with Gasteiger partial charge >= 0.3 is 5.16 Å². The first-order chi connectivity index (χ1) is 9.92. The highest BCUT2D eigenvalue weighted by Gasteiger charge is 2.19. The molecule has 0 atom stereocenters. The molecule has 21 heavy (non-hydrogen) atoms. The zero-order valence-corrected chi connectivity index (χ0v) is 12.9. The summed E-state index contributed by atoms with van der Waals surface area (Å²) in [6.45, 7) is 2.19. The van der Waals surface area contributed by atoms with E-state index in [1.165, 1.54) is 7.05 Å². The number of hydrogen-bond acceptors (Lipinski definition) is 6. The molecule has 0 radical (unpaired) electrons. The third-order valence-corrected chi connectivity index (χ3v) is 4.14. The van der Waals surface area contributed by atoms with Crippen molar-refractivity contribution in [1.29, 1.82) is 0 Å². The van der Waals surface area contributed by atoms with E-state index in [0.717, 1.165) is 21.7 Å². The van der Waals surface area contributed by atoms with Crippen LogP contribution >= 0.6 is 0 Å². The molecule has 0 aliphatic carbocycles. The summed E-state index contributed by atoms with van der Waals surface area (Å²) in [4.78, 5) is 1.10. The lowest BCUT2D eigenvalue weighted by Gasteiger charge is -2.08. The van der Waals surface area contributed by atoms with Gasteiger partial charge in [-0.3, -0.25) is 0 Å². The van der Waals surface area contributed by atoms with Crippen LogP contribution < -0.4 is 9.46 Å². The first-order valence-electron chi connectivity index (χ1n) is 6.29. The lowest BCUT2D eigenvalue weighted by molar-refractivity contribution is 0.411. The first kappa shape index (κ1) is 15.4. The summed E-state index contributed by atoms with van der Waals surface area (Å²) in [6, 6.07) is 5.77. The molecule has 1 aromatic heterocycles. The lowest BCUT2D eigenvalue weighted by Crippen LogP contribution is -2.27. The number of sulfonamides is 1. The average Bonchev–Trinajstić information content (AvgIpc) is 2.88. The Morgan fingerprint density at radius 2 is 2.14 bits per heavy atom. The molecule has 1 N–H and O–H groups in total. The second kappa shape index (κ2) is 6.19. The number of ether oxygens (including phenoxy) is 1.